The molecule has 1 aliphatic heterocycles. The van der Waals surface area contributed by atoms with Crippen LogP contribution < -0.4 is 0 Å². The normalized spacial score (nSPS) is 16.7. The molecule has 0 saturated carbocycles. The van der Waals surface area contributed by atoms with Crippen LogP contribution in [0.1, 0.15) is 28.4 Å². The van der Waals surface area contributed by atoms with Crippen LogP contribution in [0, 0.1) is 0 Å². The van der Waals surface area contributed by atoms with Crippen LogP contribution in [0.2, 0.25) is 0 Å². The van der Waals surface area contributed by atoms with E-state index in [-0.39, 0.29) is 6.04 Å². The minimum Gasteiger partial charge on any atom is -0.357 e. The average molecular weight is 433 g/mol. The molecule has 0 radical (unpaired) electrons. The van der Waals surface area contributed by atoms with E-state index >= 15 is 0 Å². The third-order valence-electron chi connectivity index (χ3n) is 5.82. The maximum atomic E-state index is 4.48. The summed E-state index contributed by atoms with van der Waals surface area (Å²) in [5, 5.41) is 2.17. The molecule has 2 aromatic heterocycles. The van der Waals surface area contributed by atoms with Crippen molar-refractivity contribution in [3.8, 4) is 0 Å². The Morgan fingerprint density at radius 1 is 1.00 bits per heavy atom. The highest BCUT2D eigenvalue weighted by molar-refractivity contribution is 7.98. The number of rotatable bonds is 5. The number of benzene rings is 2. The first-order valence-corrected chi connectivity index (χ1v) is 12.5. The summed E-state index contributed by atoms with van der Waals surface area (Å²) in [5.41, 5.74) is 6.47. The van der Waals surface area contributed by atoms with Crippen molar-refractivity contribution >= 4 is 34.4 Å². The number of aromatic amines is 1. The van der Waals surface area contributed by atoms with Crippen molar-refractivity contribution in [2.75, 3.05) is 19.1 Å². The predicted octanol–water partition coefficient (Wildman–Crippen LogP) is 5.55. The van der Waals surface area contributed by atoms with Crippen molar-refractivity contribution in [2.24, 2.45) is 0 Å². The fourth-order valence-corrected chi connectivity index (χ4v) is 5.11. The van der Waals surface area contributed by atoms with E-state index in [2.05, 4.69) is 74.6 Å². The Balaban J connectivity index is 1.56. The Labute approximate surface area is 185 Å². The van der Waals surface area contributed by atoms with Gasteiger partial charge in [0.15, 0.2) is 5.16 Å². The summed E-state index contributed by atoms with van der Waals surface area (Å²) in [6.45, 7) is 1.84. The van der Waals surface area contributed by atoms with Gasteiger partial charge in [-0.1, -0.05) is 42.1 Å². The zero-order valence-corrected chi connectivity index (χ0v) is 18.8. The number of H-pyrrole nitrogens is 1. The Morgan fingerprint density at radius 2 is 1.77 bits per heavy atom. The third kappa shape index (κ3) is 3.64. The molecule has 0 amide bonds. The molecular weight excluding hydrogens is 408 g/mol. The molecule has 0 aliphatic carbocycles. The van der Waals surface area contributed by atoms with Crippen molar-refractivity contribution < 1.29 is 0 Å². The minimum absolute atomic E-state index is 0.192. The molecule has 0 unspecified atom stereocenters. The van der Waals surface area contributed by atoms with Gasteiger partial charge in [0, 0.05) is 52.5 Å². The summed E-state index contributed by atoms with van der Waals surface area (Å²) in [5.74, 6) is 0. The Hall–Kier alpha value is -2.28. The van der Waals surface area contributed by atoms with Gasteiger partial charge in [-0.3, -0.25) is 4.90 Å². The molecule has 30 heavy (non-hydrogen) atoms. The highest BCUT2D eigenvalue weighted by atomic mass is 32.2. The zero-order chi connectivity index (χ0) is 20.5. The number of fused-ring (bicyclic) bond motifs is 3. The summed E-state index contributed by atoms with van der Waals surface area (Å²) in [6.07, 6.45) is 9.10. The van der Waals surface area contributed by atoms with E-state index < -0.39 is 0 Å². The fourth-order valence-electron chi connectivity index (χ4n) is 4.39. The summed E-state index contributed by atoms with van der Waals surface area (Å²) < 4.78 is 0. The summed E-state index contributed by atoms with van der Waals surface area (Å²) in [4.78, 5) is 16.5. The Kier molecular flexibility index (Phi) is 5.54. The van der Waals surface area contributed by atoms with Crippen LogP contribution >= 0.6 is 23.5 Å². The standard InChI is InChI=1S/C24H24N4S2/c1-29-18-9-7-17(8-10-18)23-22-20(19-5-3-4-6-21(19)27-22)11-12-28(23)15-16-13-25-24(30-2)26-14-16/h3-10,13-14,23,27H,11-12,15H2,1-2H3/t23-/m0/s1. The summed E-state index contributed by atoms with van der Waals surface area (Å²) in [6, 6.07) is 17.9. The van der Waals surface area contributed by atoms with Gasteiger partial charge in [-0.25, -0.2) is 9.97 Å². The maximum Gasteiger partial charge on any atom is 0.187 e. The molecule has 4 nitrogen and oxygen atoms in total. The molecule has 152 valence electrons. The summed E-state index contributed by atoms with van der Waals surface area (Å²) in [7, 11) is 0. The van der Waals surface area contributed by atoms with Crippen molar-refractivity contribution in [1.82, 2.24) is 19.9 Å². The lowest BCUT2D eigenvalue weighted by molar-refractivity contribution is 0.201. The van der Waals surface area contributed by atoms with Crippen molar-refractivity contribution in [3.05, 3.63) is 83.3 Å². The molecule has 5 rings (SSSR count). The van der Waals surface area contributed by atoms with E-state index in [1.807, 2.05) is 18.6 Å². The molecule has 0 spiro atoms. The highest BCUT2D eigenvalue weighted by Gasteiger charge is 2.31. The molecule has 0 bridgehead atoms. The number of thioether (sulfide) groups is 2. The van der Waals surface area contributed by atoms with Crippen LogP contribution in [0.4, 0.5) is 0 Å². The zero-order valence-electron chi connectivity index (χ0n) is 17.1. The predicted molar refractivity (Wildman–Crippen MR) is 126 cm³/mol. The molecule has 1 aliphatic rings. The van der Waals surface area contributed by atoms with E-state index in [0.717, 1.165) is 30.2 Å². The monoisotopic (exact) mass is 432 g/mol. The average Bonchev–Trinajstić information content (AvgIpc) is 3.18. The quantitative estimate of drug-likeness (QED) is 0.331. The molecule has 4 aromatic rings. The van der Waals surface area contributed by atoms with E-state index in [0.29, 0.717) is 0 Å². The third-order valence-corrected chi connectivity index (χ3v) is 7.14. The number of hydrogen-bond acceptors (Lipinski definition) is 5. The summed E-state index contributed by atoms with van der Waals surface area (Å²) >= 11 is 3.36. The van der Waals surface area contributed by atoms with Crippen molar-refractivity contribution in [2.45, 2.75) is 29.1 Å². The van der Waals surface area contributed by atoms with E-state index in [1.165, 1.54) is 32.6 Å². The van der Waals surface area contributed by atoms with Crippen molar-refractivity contribution in [1.29, 1.82) is 0 Å². The van der Waals surface area contributed by atoms with Gasteiger partial charge in [0.1, 0.15) is 0 Å². The van der Waals surface area contributed by atoms with Gasteiger partial charge in [0.05, 0.1) is 6.04 Å². The van der Waals surface area contributed by atoms with E-state index in [9.17, 15) is 0 Å². The molecule has 3 heterocycles. The van der Waals surface area contributed by atoms with Crippen LogP contribution in [0.15, 0.2) is 71.0 Å². The topological polar surface area (TPSA) is 44.8 Å². The second-order valence-electron chi connectivity index (χ2n) is 7.54. The lowest BCUT2D eigenvalue weighted by atomic mass is 9.92. The Morgan fingerprint density at radius 3 is 2.50 bits per heavy atom. The van der Waals surface area contributed by atoms with Crippen LogP contribution in [0.3, 0.4) is 0 Å². The van der Waals surface area contributed by atoms with Gasteiger partial charge in [-0.2, -0.15) is 0 Å². The smallest absolute Gasteiger partial charge is 0.187 e. The van der Waals surface area contributed by atoms with Gasteiger partial charge < -0.3 is 4.98 Å². The molecule has 1 N–H and O–H groups in total. The van der Waals surface area contributed by atoms with Gasteiger partial charge >= 0.3 is 0 Å². The second-order valence-corrected chi connectivity index (χ2v) is 9.19. The minimum atomic E-state index is 0.192. The van der Waals surface area contributed by atoms with Gasteiger partial charge in [0.2, 0.25) is 0 Å². The molecule has 0 fully saturated rings. The fraction of sp³-hybridized carbons (Fsp3) is 0.250. The van der Waals surface area contributed by atoms with E-state index in [4.69, 9.17) is 0 Å². The maximum absolute atomic E-state index is 4.48. The molecule has 2 aromatic carbocycles. The van der Waals surface area contributed by atoms with Gasteiger partial charge in [-0.05, 0) is 48.3 Å². The highest BCUT2D eigenvalue weighted by Crippen LogP contribution is 2.39. The molecule has 1 atom stereocenters. The second kappa shape index (κ2) is 8.46. The molecule has 0 saturated heterocycles. The van der Waals surface area contributed by atoms with Crippen LogP contribution in [-0.2, 0) is 13.0 Å². The number of hydrogen-bond donors (Lipinski definition) is 1. The van der Waals surface area contributed by atoms with Crippen LogP contribution in [0.5, 0.6) is 0 Å². The lowest BCUT2D eigenvalue weighted by Gasteiger charge is -2.36. The molecular formula is C24H24N4S2. The number of aromatic nitrogens is 3. The first-order valence-electron chi connectivity index (χ1n) is 10.1. The SMILES string of the molecule is CSc1ccc([C@H]2c3[nH]c4ccccc4c3CCN2Cc2cnc(SC)nc2)cc1. The van der Waals surface area contributed by atoms with Crippen molar-refractivity contribution in [3.63, 3.8) is 0 Å². The number of nitrogens with one attached hydrogen (secondary N) is 1. The first-order chi connectivity index (χ1) is 14.8. The Bertz CT molecular complexity index is 1150. The van der Waals surface area contributed by atoms with Crippen LogP contribution in [-0.4, -0.2) is 38.9 Å². The number of nitrogens with zero attached hydrogens (tertiary/aromatic N) is 3. The van der Waals surface area contributed by atoms with Crippen LogP contribution in [0.25, 0.3) is 10.9 Å². The largest absolute Gasteiger partial charge is 0.357 e. The lowest BCUT2D eigenvalue weighted by Crippen LogP contribution is -2.35. The van der Waals surface area contributed by atoms with Gasteiger partial charge in [-0.15, -0.1) is 11.8 Å². The van der Waals surface area contributed by atoms with Gasteiger partial charge in [0.25, 0.3) is 0 Å². The van der Waals surface area contributed by atoms with E-state index in [1.54, 1.807) is 23.5 Å². The number of para-hydroxylation sites is 1. The molecule has 6 heteroatoms. The first kappa shape index (κ1) is 19.7.